The number of aliphatic imine (C=N–C) groups is 1. The second-order valence-electron chi connectivity index (χ2n) is 4.46. The van der Waals surface area contributed by atoms with E-state index in [-0.39, 0.29) is 12.4 Å². The van der Waals surface area contributed by atoms with E-state index in [1.165, 1.54) is 0 Å². The van der Waals surface area contributed by atoms with Gasteiger partial charge < -0.3 is 10.1 Å². The predicted molar refractivity (Wildman–Crippen MR) is 82.5 cm³/mol. The first kappa shape index (κ1) is 14.4. The summed E-state index contributed by atoms with van der Waals surface area (Å²) in [6.07, 6.45) is 0. The van der Waals surface area contributed by atoms with Crippen LogP contribution in [0.5, 0.6) is 0 Å². The van der Waals surface area contributed by atoms with E-state index >= 15 is 0 Å². The van der Waals surface area contributed by atoms with Gasteiger partial charge in [0.15, 0.2) is 0 Å². The van der Waals surface area contributed by atoms with Gasteiger partial charge in [0.05, 0.1) is 23.6 Å². The zero-order chi connectivity index (χ0) is 13.2. The van der Waals surface area contributed by atoms with E-state index in [1.807, 2.05) is 36.9 Å². The summed E-state index contributed by atoms with van der Waals surface area (Å²) in [6.45, 7) is 3.33. The van der Waals surface area contributed by atoms with Gasteiger partial charge in [-0.2, -0.15) is 5.10 Å². The van der Waals surface area contributed by atoms with E-state index in [2.05, 4.69) is 27.5 Å². The lowest BCUT2D eigenvalue weighted by molar-refractivity contribution is 0.346. The molecule has 3 rings (SSSR count). The zero-order valence-electron chi connectivity index (χ0n) is 11.5. The standard InChI is InChI=1S/C14H16N4O.ClH/c1-10-12(16-14-15-8-9-19-14)13(18(2)17-10)11-6-4-3-5-7-11;/h3-7H,8-9H2,1-2H3,(H,15,16);1H. The Morgan fingerprint density at radius 2 is 2.00 bits per heavy atom. The number of rotatable bonds is 2. The second-order valence-corrected chi connectivity index (χ2v) is 4.46. The molecule has 5 nitrogen and oxygen atoms in total. The molecule has 6 heteroatoms. The fraction of sp³-hybridized carbons (Fsp3) is 0.286. The van der Waals surface area contributed by atoms with Crippen molar-refractivity contribution in [3.05, 3.63) is 36.0 Å². The fourth-order valence-corrected chi connectivity index (χ4v) is 2.25. The molecule has 1 aliphatic heterocycles. The Bertz CT molecular complexity index is 622. The van der Waals surface area contributed by atoms with Crippen LogP contribution in [0, 0.1) is 6.92 Å². The Morgan fingerprint density at radius 1 is 1.25 bits per heavy atom. The Balaban J connectivity index is 0.00000147. The minimum Gasteiger partial charge on any atom is -0.463 e. The highest BCUT2D eigenvalue weighted by molar-refractivity contribution is 5.95. The molecule has 0 aliphatic carbocycles. The van der Waals surface area contributed by atoms with Crippen molar-refractivity contribution in [3.63, 3.8) is 0 Å². The lowest BCUT2D eigenvalue weighted by atomic mass is 10.1. The number of nitrogens with zero attached hydrogens (tertiary/aromatic N) is 3. The van der Waals surface area contributed by atoms with Gasteiger partial charge in [-0.3, -0.25) is 4.68 Å². The fourth-order valence-electron chi connectivity index (χ4n) is 2.25. The van der Waals surface area contributed by atoms with Crippen molar-refractivity contribution in [1.29, 1.82) is 0 Å². The minimum absolute atomic E-state index is 0. The summed E-state index contributed by atoms with van der Waals surface area (Å²) in [5.41, 5.74) is 4.04. The van der Waals surface area contributed by atoms with Crippen LogP contribution in [-0.4, -0.2) is 29.0 Å². The maximum absolute atomic E-state index is 5.41. The van der Waals surface area contributed by atoms with Crippen LogP contribution in [0.15, 0.2) is 35.3 Å². The summed E-state index contributed by atoms with van der Waals surface area (Å²) >= 11 is 0. The molecule has 1 aromatic carbocycles. The molecule has 2 heterocycles. The van der Waals surface area contributed by atoms with E-state index in [1.54, 1.807) is 0 Å². The molecule has 2 aromatic rings. The maximum atomic E-state index is 5.41. The number of halogens is 1. The number of aryl methyl sites for hydroxylation is 2. The Hall–Kier alpha value is -2.01. The first-order valence-corrected chi connectivity index (χ1v) is 6.29. The molecular weight excluding hydrogens is 276 g/mol. The molecule has 0 radical (unpaired) electrons. The van der Waals surface area contributed by atoms with E-state index < -0.39 is 0 Å². The molecule has 1 aromatic heterocycles. The number of hydrogen-bond donors (Lipinski definition) is 1. The van der Waals surface area contributed by atoms with Crippen molar-refractivity contribution in [3.8, 4) is 11.3 Å². The van der Waals surface area contributed by atoms with Crippen LogP contribution in [0.2, 0.25) is 0 Å². The Kier molecular flexibility index (Phi) is 4.29. The molecule has 1 N–H and O–H groups in total. The van der Waals surface area contributed by atoms with Crippen LogP contribution in [0.3, 0.4) is 0 Å². The van der Waals surface area contributed by atoms with Gasteiger partial charge in [0.1, 0.15) is 6.61 Å². The largest absolute Gasteiger partial charge is 0.463 e. The maximum Gasteiger partial charge on any atom is 0.289 e. The van der Waals surface area contributed by atoms with Crippen LogP contribution < -0.4 is 5.32 Å². The van der Waals surface area contributed by atoms with Gasteiger partial charge >= 0.3 is 0 Å². The summed E-state index contributed by atoms with van der Waals surface area (Å²) in [6, 6.07) is 10.8. The van der Waals surface area contributed by atoms with Crippen LogP contribution in [0.25, 0.3) is 11.3 Å². The lowest BCUT2D eigenvalue weighted by Crippen LogP contribution is -2.13. The molecule has 0 atom stereocenters. The normalized spacial score (nSPS) is 13.4. The summed E-state index contributed by atoms with van der Waals surface area (Å²) in [4.78, 5) is 4.26. The third-order valence-electron chi connectivity index (χ3n) is 3.09. The molecule has 0 saturated carbocycles. The first-order valence-electron chi connectivity index (χ1n) is 6.29. The summed E-state index contributed by atoms with van der Waals surface area (Å²) in [7, 11) is 1.94. The zero-order valence-corrected chi connectivity index (χ0v) is 12.3. The van der Waals surface area contributed by atoms with Crippen molar-refractivity contribution in [2.45, 2.75) is 6.92 Å². The van der Waals surface area contributed by atoms with Crippen molar-refractivity contribution in [1.82, 2.24) is 9.78 Å². The molecule has 0 unspecified atom stereocenters. The molecule has 0 fully saturated rings. The predicted octanol–water partition coefficient (Wildman–Crippen LogP) is 2.62. The van der Waals surface area contributed by atoms with Crippen molar-refractivity contribution < 1.29 is 4.74 Å². The van der Waals surface area contributed by atoms with Gasteiger partial charge in [-0.15, -0.1) is 12.4 Å². The van der Waals surface area contributed by atoms with E-state index in [4.69, 9.17) is 4.74 Å². The van der Waals surface area contributed by atoms with Crippen molar-refractivity contribution >= 4 is 24.1 Å². The quantitative estimate of drug-likeness (QED) is 0.926. The van der Waals surface area contributed by atoms with Crippen molar-refractivity contribution in [2.75, 3.05) is 18.5 Å². The number of benzene rings is 1. The van der Waals surface area contributed by atoms with Gasteiger partial charge in [-0.05, 0) is 6.92 Å². The van der Waals surface area contributed by atoms with Crippen LogP contribution in [0.4, 0.5) is 5.69 Å². The first-order chi connectivity index (χ1) is 9.25. The number of hydrogen-bond acceptors (Lipinski definition) is 4. The van der Waals surface area contributed by atoms with Gasteiger partial charge in [0, 0.05) is 12.6 Å². The topological polar surface area (TPSA) is 51.4 Å². The van der Waals surface area contributed by atoms with Crippen molar-refractivity contribution in [2.24, 2.45) is 12.0 Å². The third-order valence-corrected chi connectivity index (χ3v) is 3.09. The lowest BCUT2D eigenvalue weighted by Gasteiger charge is -2.09. The number of anilines is 1. The molecule has 106 valence electrons. The highest BCUT2D eigenvalue weighted by Gasteiger charge is 2.18. The average Bonchev–Trinajstić information content (AvgIpc) is 3.00. The second kappa shape index (κ2) is 5.96. The SMILES string of the molecule is Cc1nn(C)c(-c2ccccc2)c1NC1=NCCO1.Cl. The highest BCUT2D eigenvalue weighted by atomic mass is 35.5. The Morgan fingerprint density at radius 3 is 2.65 bits per heavy atom. The van der Waals surface area contributed by atoms with Gasteiger partial charge in [0.25, 0.3) is 6.02 Å². The number of amidine groups is 1. The van der Waals surface area contributed by atoms with Gasteiger partial charge in [-0.25, -0.2) is 4.99 Å². The third kappa shape index (κ3) is 2.63. The van der Waals surface area contributed by atoms with E-state index in [9.17, 15) is 0 Å². The van der Waals surface area contributed by atoms with Gasteiger partial charge in [-0.1, -0.05) is 30.3 Å². The molecular formula is C14H17ClN4O. The molecule has 1 aliphatic rings. The molecule has 0 amide bonds. The smallest absolute Gasteiger partial charge is 0.289 e. The molecule has 20 heavy (non-hydrogen) atoms. The highest BCUT2D eigenvalue weighted by Crippen LogP contribution is 2.30. The van der Waals surface area contributed by atoms with Gasteiger partial charge in [0.2, 0.25) is 0 Å². The van der Waals surface area contributed by atoms with Crippen LogP contribution in [-0.2, 0) is 11.8 Å². The molecule has 0 bridgehead atoms. The summed E-state index contributed by atoms with van der Waals surface area (Å²) in [5.74, 6) is 0. The summed E-state index contributed by atoms with van der Waals surface area (Å²) in [5, 5.41) is 7.71. The minimum atomic E-state index is 0. The number of aromatic nitrogens is 2. The van der Waals surface area contributed by atoms with Crippen LogP contribution >= 0.6 is 12.4 Å². The molecule has 0 saturated heterocycles. The number of ether oxygens (including phenoxy) is 1. The average molecular weight is 293 g/mol. The van der Waals surface area contributed by atoms with E-state index in [0.717, 1.165) is 22.6 Å². The van der Waals surface area contributed by atoms with Crippen LogP contribution in [0.1, 0.15) is 5.69 Å². The summed E-state index contributed by atoms with van der Waals surface area (Å²) < 4.78 is 7.29. The van der Waals surface area contributed by atoms with E-state index in [0.29, 0.717) is 19.2 Å². The number of nitrogens with one attached hydrogen (secondary N) is 1. The monoisotopic (exact) mass is 292 g/mol. The Labute approximate surface area is 124 Å². The molecule has 0 spiro atoms.